The average Bonchev–Trinajstić information content (AvgIpc) is 2.33. The number of pyridine rings is 2. The topological polar surface area (TPSA) is 49.6 Å². The molecule has 0 aliphatic carbocycles. The van der Waals surface area contributed by atoms with Crippen molar-refractivity contribution in [2.24, 2.45) is 0 Å². The van der Waals surface area contributed by atoms with Crippen molar-refractivity contribution in [3.63, 3.8) is 0 Å². The highest BCUT2D eigenvalue weighted by molar-refractivity contribution is 5.57. The molecule has 2 aromatic heterocycles. The van der Waals surface area contributed by atoms with Crippen molar-refractivity contribution in [3.8, 4) is 17.3 Å². The molecule has 0 bridgehead atoms. The largest absolute Gasteiger partial charge is 0.264 e. The fraction of sp³-hybridized carbons (Fsp3) is 0.0833. The van der Waals surface area contributed by atoms with E-state index in [1.165, 1.54) is 6.07 Å². The van der Waals surface area contributed by atoms with Gasteiger partial charge in [-0.2, -0.15) is 5.26 Å². The first-order valence-corrected chi connectivity index (χ1v) is 4.74. The van der Waals surface area contributed by atoms with Crippen LogP contribution >= 0.6 is 0 Å². The van der Waals surface area contributed by atoms with Crippen LogP contribution in [0.15, 0.2) is 36.7 Å². The highest BCUT2D eigenvalue weighted by Gasteiger charge is 2.06. The highest BCUT2D eigenvalue weighted by Crippen LogP contribution is 2.17. The molecule has 0 unspecified atom stereocenters. The van der Waals surface area contributed by atoms with Crippen LogP contribution in [-0.2, 0) is 6.42 Å². The molecular formula is C12H8FN3. The van der Waals surface area contributed by atoms with E-state index in [1.54, 1.807) is 24.5 Å². The maximum absolute atomic E-state index is 13.2. The smallest absolute Gasteiger partial charge is 0.145 e. The van der Waals surface area contributed by atoms with Gasteiger partial charge < -0.3 is 0 Å². The molecule has 0 spiro atoms. The summed E-state index contributed by atoms with van der Waals surface area (Å²) in [5, 5.41) is 8.54. The van der Waals surface area contributed by atoms with Crippen LogP contribution in [0.5, 0.6) is 0 Å². The van der Waals surface area contributed by atoms with Gasteiger partial charge in [-0.15, -0.1) is 0 Å². The molecule has 0 radical (unpaired) electrons. The van der Waals surface area contributed by atoms with E-state index in [2.05, 4.69) is 9.97 Å². The van der Waals surface area contributed by atoms with Crippen molar-refractivity contribution in [3.05, 3.63) is 48.2 Å². The van der Waals surface area contributed by atoms with E-state index in [0.717, 1.165) is 5.56 Å². The summed E-state index contributed by atoms with van der Waals surface area (Å²) < 4.78 is 13.2. The van der Waals surface area contributed by atoms with Gasteiger partial charge in [0.2, 0.25) is 0 Å². The first kappa shape index (κ1) is 10.2. The summed E-state index contributed by atoms with van der Waals surface area (Å²) in [6.07, 6.45) is 3.28. The van der Waals surface area contributed by atoms with Gasteiger partial charge in [-0.25, -0.2) is 9.37 Å². The second-order valence-electron chi connectivity index (χ2n) is 3.20. The quantitative estimate of drug-likeness (QED) is 0.769. The van der Waals surface area contributed by atoms with Crippen LogP contribution in [-0.4, -0.2) is 9.97 Å². The number of rotatable bonds is 2. The molecule has 0 amide bonds. The van der Waals surface area contributed by atoms with Gasteiger partial charge in [-0.1, -0.05) is 0 Å². The fourth-order valence-electron chi connectivity index (χ4n) is 1.36. The van der Waals surface area contributed by atoms with Gasteiger partial charge in [0.25, 0.3) is 0 Å². The van der Waals surface area contributed by atoms with Crippen LogP contribution in [0.1, 0.15) is 5.69 Å². The molecular weight excluding hydrogens is 205 g/mol. The molecule has 16 heavy (non-hydrogen) atoms. The molecule has 2 aromatic rings. The zero-order valence-electron chi connectivity index (χ0n) is 8.39. The third-order valence-corrected chi connectivity index (χ3v) is 2.12. The lowest BCUT2D eigenvalue weighted by molar-refractivity contribution is 0.606. The van der Waals surface area contributed by atoms with Crippen molar-refractivity contribution >= 4 is 0 Å². The summed E-state index contributed by atoms with van der Waals surface area (Å²) in [4.78, 5) is 8.06. The van der Waals surface area contributed by atoms with Gasteiger partial charge >= 0.3 is 0 Å². The number of halogens is 1. The lowest BCUT2D eigenvalue weighted by Gasteiger charge is -2.02. The monoisotopic (exact) mass is 213 g/mol. The molecule has 2 rings (SSSR count). The molecule has 0 saturated heterocycles. The van der Waals surface area contributed by atoms with E-state index in [-0.39, 0.29) is 12.1 Å². The Balaban J connectivity index is 2.45. The zero-order valence-corrected chi connectivity index (χ0v) is 8.39. The normalized spacial score (nSPS) is 9.75. The fourth-order valence-corrected chi connectivity index (χ4v) is 1.36. The van der Waals surface area contributed by atoms with Crippen LogP contribution in [0.3, 0.4) is 0 Å². The van der Waals surface area contributed by atoms with Gasteiger partial charge in [0, 0.05) is 18.0 Å². The van der Waals surface area contributed by atoms with E-state index in [0.29, 0.717) is 5.69 Å². The Labute approximate surface area is 92.2 Å². The molecule has 0 atom stereocenters. The van der Waals surface area contributed by atoms with E-state index >= 15 is 0 Å². The van der Waals surface area contributed by atoms with Gasteiger partial charge in [-0.05, 0) is 24.3 Å². The van der Waals surface area contributed by atoms with Crippen molar-refractivity contribution in [1.82, 2.24) is 9.97 Å². The summed E-state index contributed by atoms with van der Waals surface area (Å²) in [6, 6.07) is 8.40. The van der Waals surface area contributed by atoms with Crippen LogP contribution in [0.25, 0.3) is 11.3 Å². The Kier molecular flexibility index (Phi) is 2.88. The summed E-state index contributed by atoms with van der Waals surface area (Å²) >= 11 is 0. The molecule has 4 heteroatoms. The van der Waals surface area contributed by atoms with Gasteiger partial charge in [0.1, 0.15) is 5.82 Å². The van der Waals surface area contributed by atoms with E-state index < -0.39 is 5.82 Å². The maximum Gasteiger partial charge on any atom is 0.145 e. The Morgan fingerprint density at radius 2 is 2.19 bits per heavy atom. The lowest BCUT2D eigenvalue weighted by Crippen LogP contribution is -1.95. The summed E-state index contributed by atoms with van der Waals surface area (Å²) in [5.41, 5.74) is 1.60. The number of nitrogens with zero attached hydrogens (tertiary/aromatic N) is 3. The molecule has 0 aromatic carbocycles. The van der Waals surface area contributed by atoms with Crippen molar-refractivity contribution < 1.29 is 4.39 Å². The minimum Gasteiger partial charge on any atom is -0.264 e. The Morgan fingerprint density at radius 1 is 1.31 bits per heavy atom. The SMILES string of the molecule is N#CCc1nc(-c2cccnc2)ccc1F. The number of aromatic nitrogens is 2. The second kappa shape index (κ2) is 4.49. The highest BCUT2D eigenvalue weighted by atomic mass is 19.1. The first-order valence-electron chi connectivity index (χ1n) is 4.74. The predicted molar refractivity (Wildman–Crippen MR) is 56.7 cm³/mol. The maximum atomic E-state index is 13.2. The number of nitriles is 1. The Morgan fingerprint density at radius 3 is 2.88 bits per heavy atom. The Hall–Kier alpha value is -2.28. The summed E-state index contributed by atoms with van der Waals surface area (Å²) in [7, 11) is 0. The molecule has 0 aliphatic heterocycles. The summed E-state index contributed by atoms with van der Waals surface area (Å²) in [6.45, 7) is 0. The molecule has 78 valence electrons. The van der Waals surface area contributed by atoms with Crippen molar-refractivity contribution in [2.75, 3.05) is 0 Å². The minimum atomic E-state index is -0.450. The molecule has 0 N–H and O–H groups in total. The van der Waals surface area contributed by atoms with Gasteiger partial charge in [-0.3, -0.25) is 4.98 Å². The van der Waals surface area contributed by atoms with Crippen LogP contribution in [0.4, 0.5) is 4.39 Å². The van der Waals surface area contributed by atoms with E-state index in [9.17, 15) is 4.39 Å². The zero-order chi connectivity index (χ0) is 11.4. The molecule has 0 fully saturated rings. The summed E-state index contributed by atoms with van der Waals surface area (Å²) in [5.74, 6) is -0.450. The molecule has 3 nitrogen and oxygen atoms in total. The minimum absolute atomic E-state index is 0.0278. The van der Waals surface area contributed by atoms with Crippen LogP contribution in [0, 0.1) is 17.1 Å². The first-order chi connectivity index (χ1) is 7.81. The van der Waals surface area contributed by atoms with Gasteiger partial charge in [0.15, 0.2) is 0 Å². The van der Waals surface area contributed by atoms with Crippen LogP contribution in [0.2, 0.25) is 0 Å². The third kappa shape index (κ3) is 2.04. The predicted octanol–water partition coefficient (Wildman–Crippen LogP) is 2.35. The third-order valence-electron chi connectivity index (χ3n) is 2.12. The van der Waals surface area contributed by atoms with Crippen molar-refractivity contribution in [2.45, 2.75) is 6.42 Å². The van der Waals surface area contributed by atoms with Crippen molar-refractivity contribution in [1.29, 1.82) is 5.26 Å². The number of hydrogen-bond donors (Lipinski definition) is 0. The molecule has 2 heterocycles. The second-order valence-corrected chi connectivity index (χ2v) is 3.20. The standard InChI is InChI=1S/C12H8FN3/c13-10-3-4-11(16-12(10)5-6-14)9-2-1-7-15-8-9/h1-4,7-8H,5H2. The average molecular weight is 213 g/mol. The van der Waals surface area contributed by atoms with Gasteiger partial charge in [0.05, 0.1) is 23.9 Å². The lowest BCUT2D eigenvalue weighted by atomic mass is 10.1. The van der Waals surface area contributed by atoms with Crippen LogP contribution < -0.4 is 0 Å². The van der Waals surface area contributed by atoms with E-state index in [4.69, 9.17) is 5.26 Å². The molecule has 0 aliphatic rings. The molecule has 0 saturated carbocycles. The number of hydrogen-bond acceptors (Lipinski definition) is 3. The Bertz CT molecular complexity index is 532. The van der Waals surface area contributed by atoms with E-state index in [1.807, 2.05) is 12.1 Å².